The van der Waals surface area contributed by atoms with Crippen LogP contribution in [0.15, 0.2) is 23.0 Å². The second kappa shape index (κ2) is 5.73. The molecule has 0 unspecified atom stereocenters. The zero-order valence-electron chi connectivity index (χ0n) is 11.9. The highest BCUT2D eigenvalue weighted by molar-refractivity contribution is 5.95. The first kappa shape index (κ1) is 14.0. The minimum Gasteiger partial charge on any atom is -0.496 e. The topological polar surface area (TPSA) is 77.2 Å². The Morgan fingerprint density at radius 3 is 2.50 bits per heavy atom. The van der Waals surface area contributed by atoms with E-state index in [0.717, 1.165) is 16.9 Å². The monoisotopic (exact) mass is 275 g/mol. The molecule has 0 spiro atoms. The number of amides is 1. The summed E-state index contributed by atoms with van der Waals surface area (Å²) in [5.74, 6) is 1.06. The molecule has 0 saturated carbocycles. The molecule has 1 amide bonds. The molecule has 6 heteroatoms. The molecule has 0 fully saturated rings. The molecule has 1 aromatic carbocycles. The first-order valence-electron chi connectivity index (χ1n) is 6.25. The van der Waals surface area contributed by atoms with Crippen molar-refractivity contribution in [3.63, 3.8) is 0 Å². The van der Waals surface area contributed by atoms with Gasteiger partial charge in [0, 0.05) is 5.56 Å². The summed E-state index contributed by atoms with van der Waals surface area (Å²) in [6, 6.07) is 3.28. The van der Waals surface area contributed by atoms with Crippen molar-refractivity contribution in [2.24, 2.45) is 0 Å². The van der Waals surface area contributed by atoms with Crippen LogP contribution in [0.1, 0.15) is 40.3 Å². The normalized spacial score (nSPS) is 12.0. The molecule has 6 nitrogen and oxygen atoms in total. The van der Waals surface area contributed by atoms with Crippen LogP contribution >= 0.6 is 0 Å². The van der Waals surface area contributed by atoms with E-state index in [4.69, 9.17) is 4.74 Å². The Hall–Kier alpha value is -2.37. The lowest BCUT2D eigenvalue weighted by molar-refractivity contribution is 0.0937. The third-order valence-corrected chi connectivity index (χ3v) is 3.04. The van der Waals surface area contributed by atoms with Crippen molar-refractivity contribution in [3.05, 3.63) is 41.0 Å². The van der Waals surface area contributed by atoms with E-state index in [0.29, 0.717) is 11.4 Å². The van der Waals surface area contributed by atoms with E-state index in [-0.39, 0.29) is 11.9 Å². The Bertz CT molecular complexity index is 585. The molecular formula is C14H17N3O3. The van der Waals surface area contributed by atoms with Gasteiger partial charge in [-0.1, -0.05) is 5.16 Å². The summed E-state index contributed by atoms with van der Waals surface area (Å²) in [7, 11) is 1.62. The summed E-state index contributed by atoms with van der Waals surface area (Å²) in [6.45, 7) is 5.61. The van der Waals surface area contributed by atoms with Crippen molar-refractivity contribution in [1.29, 1.82) is 0 Å². The number of hydrogen-bond donors (Lipinski definition) is 1. The van der Waals surface area contributed by atoms with Gasteiger partial charge in [0.2, 0.25) is 6.39 Å². The number of nitrogens with one attached hydrogen (secondary N) is 1. The fourth-order valence-electron chi connectivity index (χ4n) is 2.12. The molecule has 1 N–H and O–H groups in total. The van der Waals surface area contributed by atoms with Gasteiger partial charge in [-0.3, -0.25) is 4.79 Å². The number of carbonyl (C=O) groups is 1. The summed E-state index contributed by atoms with van der Waals surface area (Å²) >= 11 is 0. The summed E-state index contributed by atoms with van der Waals surface area (Å²) in [6.07, 6.45) is 1.24. The number of aryl methyl sites for hydroxylation is 2. The van der Waals surface area contributed by atoms with Crippen molar-refractivity contribution < 1.29 is 14.1 Å². The van der Waals surface area contributed by atoms with Crippen molar-refractivity contribution >= 4 is 5.91 Å². The number of benzene rings is 1. The molecule has 2 aromatic rings. The number of aromatic nitrogens is 2. The fourth-order valence-corrected chi connectivity index (χ4v) is 2.12. The van der Waals surface area contributed by atoms with Gasteiger partial charge in [-0.15, -0.1) is 0 Å². The van der Waals surface area contributed by atoms with Crippen molar-refractivity contribution in [2.75, 3.05) is 7.11 Å². The van der Waals surface area contributed by atoms with E-state index in [9.17, 15) is 4.79 Å². The highest BCUT2D eigenvalue weighted by Crippen LogP contribution is 2.24. The van der Waals surface area contributed by atoms with Gasteiger partial charge in [0.25, 0.3) is 5.91 Å². The van der Waals surface area contributed by atoms with Crippen LogP contribution in [0, 0.1) is 13.8 Å². The van der Waals surface area contributed by atoms with E-state index < -0.39 is 0 Å². The highest BCUT2D eigenvalue weighted by atomic mass is 16.5. The highest BCUT2D eigenvalue weighted by Gasteiger charge is 2.16. The maximum Gasteiger partial charge on any atom is 0.251 e. The minimum atomic E-state index is -0.316. The maximum atomic E-state index is 12.2. The lowest BCUT2D eigenvalue weighted by atomic mass is 10.0. The van der Waals surface area contributed by atoms with Crippen LogP contribution in [0.5, 0.6) is 5.75 Å². The molecule has 20 heavy (non-hydrogen) atoms. The zero-order chi connectivity index (χ0) is 14.7. The van der Waals surface area contributed by atoms with Gasteiger partial charge in [-0.2, -0.15) is 4.98 Å². The van der Waals surface area contributed by atoms with Gasteiger partial charge in [-0.05, 0) is 44.0 Å². The van der Waals surface area contributed by atoms with E-state index >= 15 is 0 Å². The van der Waals surface area contributed by atoms with Crippen LogP contribution in [-0.2, 0) is 0 Å². The maximum absolute atomic E-state index is 12.2. The molecule has 1 atom stereocenters. The van der Waals surface area contributed by atoms with E-state index in [2.05, 4.69) is 20.0 Å². The summed E-state index contributed by atoms with van der Waals surface area (Å²) in [5.41, 5.74) is 2.42. The molecule has 0 aliphatic rings. The second-order valence-electron chi connectivity index (χ2n) is 4.63. The Morgan fingerprint density at radius 1 is 1.35 bits per heavy atom. The predicted molar refractivity (Wildman–Crippen MR) is 72.6 cm³/mol. The zero-order valence-corrected chi connectivity index (χ0v) is 11.9. The van der Waals surface area contributed by atoms with E-state index in [1.165, 1.54) is 6.39 Å². The molecule has 0 aliphatic heterocycles. The molecule has 2 rings (SSSR count). The third-order valence-electron chi connectivity index (χ3n) is 3.04. The molecule has 0 bridgehead atoms. The summed E-state index contributed by atoms with van der Waals surface area (Å²) < 4.78 is 9.95. The molecule has 1 aromatic heterocycles. The van der Waals surface area contributed by atoms with Crippen molar-refractivity contribution in [3.8, 4) is 5.75 Å². The van der Waals surface area contributed by atoms with E-state index in [1.54, 1.807) is 26.2 Å². The van der Waals surface area contributed by atoms with Crippen molar-refractivity contribution in [2.45, 2.75) is 26.8 Å². The van der Waals surface area contributed by atoms with E-state index in [1.807, 2.05) is 13.8 Å². The molecule has 0 aliphatic carbocycles. The predicted octanol–water partition coefficient (Wildman–Crippen LogP) is 2.19. The van der Waals surface area contributed by atoms with Gasteiger partial charge in [0.15, 0.2) is 5.82 Å². The number of ether oxygens (including phenoxy) is 1. The Labute approximate surface area is 117 Å². The SMILES string of the molecule is COc1c(C)cc(C(=O)N[C@@H](C)c2ncon2)cc1C. The smallest absolute Gasteiger partial charge is 0.251 e. The average Bonchev–Trinajstić information content (AvgIpc) is 2.92. The van der Waals surface area contributed by atoms with Gasteiger partial charge >= 0.3 is 0 Å². The molecular weight excluding hydrogens is 258 g/mol. The van der Waals surface area contributed by atoms with Crippen LogP contribution < -0.4 is 10.1 Å². The van der Waals surface area contributed by atoms with Crippen LogP contribution in [0.2, 0.25) is 0 Å². The largest absolute Gasteiger partial charge is 0.496 e. The van der Waals surface area contributed by atoms with Gasteiger partial charge < -0.3 is 14.6 Å². The average molecular weight is 275 g/mol. The fraction of sp³-hybridized carbons (Fsp3) is 0.357. The Morgan fingerprint density at radius 2 is 2.00 bits per heavy atom. The lowest BCUT2D eigenvalue weighted by Gasteiger charge is -2.13. The van der Waals surface area contributed by atoms with Gasteiger partial charge in [0.1, 0.15) is 5.75 Å². The summed E-state index contributed by atoms with van der Waals surface area (Å²) in [4.78, 5) is 16.1. The lowest BCUT2D eigenvalue weighted by Crippen LogP contribution is -2.27. The number of nitrogens with zero attached hydrogens (tertiary/aromatic N) is 2. The van der Waals surface area contributed by atoms with Crippen molar-refractivity contribution in [1.82, 2.24) is 15.5 Å². The first-order valence-corrected chi connectivity index (χ1v) is 6.25. The summed E-state index contributed by atoms with van der Waals surface area (Å²) in [5, 5.41) is 6.53. The van der Waals surface area contributed by atoms with Gasteiger partial charge in [-0.25, -0.2) is 0 Å². The third kappa shape index (κ3) is 2.79. The Kier molecular flexibility index (Phi) is 4.02. The molecule has 1 heterocycles. The van der Waals surface area contributed by atoms with Crippen LogP contribution in [0.25, 0.3) is 0 Å². The van der Waals surface area contributed by atoms with Crippen LogP contribution in [0.4, 0.5) is 0 Å². The van der Waals surface area contributed by atoms with Gasteiger partial charge in [0.05, 0.1) is 13.2 Å². The standard InChI is InChI=1S/C14H17N3O3/c1-8-5-11(6-9(2)12(8)19-4)14(18)16-10(3)13-15-7-20-17-13/h5-7,10H,1-4H3,(H,16,18)/t10-/m0/s1. The minimum absolute atomic E-state index is 0.184. The first-order chi connectivity index (χ1) is 9.52. The van der Waals surface area contributed by atoms with Crippen LogP contribution in [0.3, 0.4) is 0 Å². The number of hydrogen-bond acceptors (Lipinski definition) is 5. The number of methoxy groups -OCH3 is 1. The Balaban J connectivity index is 2.17. The quantitative estimate of drug-likeness (QED) is 0.925. The molecule has 106 valence electrons. The number of rotatable bonds is 4. The van der Waals surface area contributed by atoms with Crippen LogP contribution in [-0.4, -0.2) is 23.2 Å². The second-order valence-corrected chi connectivity index (χ2v) is 4.63. The molecule has 0 saturated heterocycles. The number of carbonyl (C=O) groups excluding carboxylic acids is 1. The molecule has 0 radical (unpaired) electrons.